The molecule has 4 rings (SSSR count). The maximum absolute atomic E-state index is 12.9. The number of aromatic nitrogens is 2. The van der Waals surface area contributed by atoms with Gasteiger partial charge in [-0.2, -0.15) is 0 Å². The molecule has 1 aliphatic heterocycles. The molecule has 0 radical (unpaired) electrons. The Labute approximate surface area is 157 Å². The third-order valence-electron chi connectivity index (χ3n) is 6.52. The average Bonchev–Trinajstić information content (AvgIpc) is 3.38. The lowest BCUT2D eigenvalue weighted by atomic mass is 9.90. The van der Waals surface area contributed by atoms with Crippen LogP contribution in [0.25, 0.3) is 0 Å². The molecule has 2 fully saturated rings. The molecule has 1 saturated carbocycles. The minimum Gasteiger partial charge on any atom is -0.342 e. The summed E-state index contributed by atoms with van der Waals surface area (Å²) in [5.41, 5.74) is 0. The highest BCUT2D eigenvalue weighted by Crippen LogP contribution is 2.44. The van der Waals surface area contributed by atoms with E-state index in [0.29, 0.717) is 23.7 Å². The van der Waals surface area contributed by atoms with Crippen molar-refractivity contribution in [2.45, 2.75) is 44.6 Å². The quantitative estimate of drug-likeness (QED) is 0.736. The number of amides is 1. The van der Waals surface area contributed by atoms with Crippen LogP contribution in [0.5, 0.6) is 0 Å². The van der Waals surface area contributed by atoms with Gasteiger partial charge in [0, 0.05) is 43.9 Å². The molecule has 0 N–H and O–H groups in total. The Kier molecular flexibility index (Phi) is 5.16. The van der Waals surface area contributed by atoms with Crippen LogP contribution in [0.3, 0.4) is 0 Å². The number of rotatable bonds is 6. The van der Waals surface area contributed by atoms with Gasteiger partial charge in [0.2, 0.25) is 5.91 Å². The van der Waals surface area contributed by atoms with E-state index in [1.807, 2.05) is 6.20 Å². The summed E-state index contributed by atoms with van der Waals surface area (Å²) >= 11 is 0. The van der Waals surface area contributed by atoms with E-state index in [9.17, 15) is 4.79 Å². The van der Waals surface area contributed by atoms with Crippen molar-refractivity contribution < 1.29 is 4.79 Å². The first-order chi connectivity index (χ1) is 12.6. The van der Waals surface area contributed by atoms with Crippen LogP contribution in [0, 0.1) is 17.8 Å². The predicted octanol–water partition coefficient (Wildman–Crippen LogP) is 2.75. The number of aryl methyl sites for hydroxylation is 1. The van der Waals surface area contributed by atoms with Crippen molar-refractivity contribution in [3.63, 3.8) is 0 Å². The van der Waals surface area contributed by atoms with Crippen molar-refractivity contribution in [1.82, 2.24) is 19.4 Å². The summed E-state index contributed by atoms with van der Waals surface area (Å²) in [5.74, 6) is 3.57. The summed E-state index contributed by atoms with van der Waals surface area (Å²) < 4.78 is 2.33. The average molecular weight is 357 g/mol. The van der Waals surface area contributed by atoms with Crippen molar-refractivity contribution in [2.75, 3.05) is 33.7 Å². The van der Waals surface area contributed by atoms with Gasteiger partial charge in [-0.3, -0.25) is 4.79 Å². The minimum atomic E-state index is 0.259. The zero-order valence-electron chi connectivity index (χ0n) is 16.2. The van der Waals surface area contributed by atoms with Gasteiger partial charge < -0.3 is 14.4 Å². The fraction of sp³-hybridized carbons (Fsp3) is 0.714. The molecule has 0 aromatic carbocycles. The van der Waals surface area contributed by atoms with Gasteiger partial charge in [-0.1, -0.05) is 12.2 Å². The maximum Gasteiger partial charge on any atom is 0.226 e. The molecule has 2 bridgehead atoms. The summed E-state index contributed by atoms with van der Waals surface area (Å²) in [5, 5.41) is 0. The summed E-state index contributed by atoms with van der Waals surface area (Å²) in [6.07, 6.45) is 14.2. The first-order valence-corrected chi connectivity index (χ1v) is 10.2. The van der Waals surface area contributed by atoms with E-state index >= 15 is 0 Å². The number of allylic oxidation sites excluding steroid dienone is 2. The van der Waals surface area contributed by atoms with Gasteiger partial charge in [0.05, 0.1) is 0 Å². The van der Waals surface area contributed by atoms with Crippen LogP contribution < -0.4 is 0 Å². The molecule has 26 heavy (non-hydrogen) atoms. The number of piperidine rings is 1. The Balaban J connectivity index is 1.31. The van der Waals surface area contributed by atoms with E-state index in [4.69, 9.17) is 0 Å². The number of likely N-dealkylation sites (tertiary alicyclic amines) is 1. The maximum atomic E-state index is 12.9. The van der Waals surface area contributed by atoms with Crippen LogP contribution >= 0.6 is 0 Å². The summed E-state index contributed by atoms with van der Waals surface area (Å²) in [4.78, 5) is 21.9. The molecule has 3 aliphatic rings. The van der Waals surface area contributed by atoms with Crippen LogP contribution in [0.4, 0.5) is 0 Å². The Morgan fingerprint density at radius 2 is 2.04 bits per heavy atom. The second-order valence-corrected chi connectivity index (χ2v) is 8.62. The van der Waals surface area contributed by atoms with E-state index < -0.39 is 0 Å². The van der Waals surface area contributed by atoms with E-state index in [-0.39, 0.29) is 5.92 Å². The molecule has 1 amide bonds. The number of carbonyl (C=O) groups is 1. The van der Waals surface area contributed by atoms with Crippen LogP contribution in [-0.4, -0.2) is 59.0 Å². The number of hydrogen-bond donors (Lipinski definition) is 0. The van der Waals surface area contributed by atoms with E-state index in [1.165, 1.54) is 12.2 Å². The fourth-order valence-electron chi connectivity index (χ4n) is 5.08. The van der Waals surface area contributed by atoms with Crippen LogP contribution in [0.2, 0.25) is 0 Å². The van der Waals surface area contributed by atoms with Gasteiger partial charge in [-0.25, -0.2) is 4.98 Å². The summed E-state index contributed by atoms with van der Waals surface area (Å²) in [6, 6.07) is 0. The zero-order chi connectivity index (χ0) is 18.1. The zero-order valence-corrected chi connectivity index (χ0v) is 16.2. The van der Waals surface area contributed by atoms with Gasteiger partial charge >= 0.3 is 0 Å². The minimum absolute atomic E-state index is 0.259. The number of hydrogen-bond acceptors (Lipinski definition) is 3. The van der Waals surface area contributed by atoms with Gasteiger partial charge in [-0.15, -0.1) is 0 Å². The van der Waals surface area contributed by atoms with Gasteiger partial charge in [0.25, 0.3) is 0 Å². The molecule has 3 atom stereocenters. The highest BCUT2D eigenvalue weighted by atomic mass is 16.2. The number of fused-ring (bicyclic) bond motifs is 2. The summed E-state index contributed by atoms with van der Waals surface area (Å²) in [7, 11) is 4.24. The molecule has 142 valence electrons. The van der Waals surface area contributed by atoms with Gasteiger partial charge in [-0.05, 0) is 64.6 Å². The lowest BCUT2D eigenvalue weighted by molar-refractivity contribution is -0.137. The number of imidazole rings is 1. The molecule has 0 unspecified atom stereocenters. The smallest absolute Gasteiger partial charge is 0.226 e. The van der Waals surface area contributed by atoms with Gasteiger partial charge in [0.15, 0.2) is 0 Å². The van der Waals surface area contributed by atoms with Crippen LogP contribution in [-0.2, 0) is 11.3 Å². The molecular weight excluding hydrogens is 324 g/mol. The Morgan fingerprint density at radius 3 is 2.69 bits per heavy atom. The third kappa shape index (κ3) is 3.59. The lowest BCUT2D eigenvalue weighted by Gasteiger charge is -2.34. The molecule has 1 saturated heterocycles. The highest BCUT2D eigenvalue weighted by molar-refractivity contribution is 5.80. The van der Waals surface area contributed by atoms with Crippen molar-refractivity contribution in [3.8, 4) is 0 Å². The predicted molar refractivity (Wildman–Crippen MR) is 103 cm³/mol. The first-order valence-electron chi connectivity index (χ1n) is 10.2. The monoisotopic (exact) mass is 356 g/mol. The molecule has 5 heteroatoms. The van der Waals surface area contributed by atoms with Crippen LogP contribution in [0.15, 0.2) is 24.5 Å². The molecule has 0 spiro atoms. The first kappa shape index (κ1) is 17.8. The van der Waals surface area contributed by atoms with Crippen LogP contribution in [0.1, 0.15) is 43.8 Å². The molecule has 5 nitrogen and oxygen atoms in total. The van der Waals surface area contributed by atoms with Gasteiger partial charge in [0.1, 0.15) is 5.82 Å². The van der Waals surface area contributed by atoms with Crippen molar-refractivity contribution in [2.24, 2.45) is 17.8 Å². The topological polar surface area (TPSA) is 41.4 Å². The molecule has 2 aliphatic carbocycles. The van der Waals surface area contributed by atoms with Crippen molar-refractivity contribution in [3.05, 3.63) is 30.4 Å². The number of nitrogens with zero attached hydrogens (tertiary/aromatic N) is 4. The second kappa shape index (κ2) is 7.55. The third-order valence-corrected chi connectivity index (χ3v) is 6.52. The van der Waals surface area contributed by atoms with E-state index in [0.717, 1.165) is 51.9 Å². The van der Waals surface area contributed by atoms with E-state index in [1.54, 1.807) is 0 Å². The van der Waals surface area contributed by atoms with E-state index in [2.05, 4.69) is 51.8 Å². The SMILES string of the molecule is CN(C)CCCn1ccnc1C1CCN(C(=O)[C@@H]2C[C@@H]3C=C[C@H]2C3)CC1. The second-order valence-electron chi connectivity index (χ2n) is 8.62. The standard InChI is InChI=1S/C21H32N4O/c1-23(2)9-3-10-24-13-8-22-20(24)17-6-11-25(12-7-17)21(26)19-15-16-4-5-18(19)14-16/h4-5,8,13,16-19H,3,6-7,9-12,14-15H2,1-2H3/t16-,18+,19-/m1/s1. The van der Waals surface area contributed by atoms with Crippen molar-refractivity contribution in [1.29, 1.82) is 0 Å². The molecular formula is C21H32N4O. The largest absolute Gasteiger partial charge is 0.342 e. The Bertz CT molecular complexity index is 657. The molecule has 1 aromatic rings. The fourth-order valence-corrected chi connectivity index (χ4v) is 5.08. The number of carbonyl (C=O) groups excluding carboxylic acids is 1. The lowest BCUT2D eigenvalue weighted by Crippen LogP contribution is -2.42. The van der Waals surface area contributed by atoms with Crippen molar-refractivity contribution >= 4 is 5.91 Å². The Hall–Kier alpha value is -1.62. The normalized spacial score (nSPS) is 28.4. The molecule has 2 heterocycles. The highest BCUT2D eigenvalue weighted by Gasteiger charge is 2.42. The summed E-state index contributed by atoms with van der Waals surface area (Å²) in [6.45, 7) is 3.92. The Morgan fingerprint density at radius 1 is 1.23 bits per heavy atom. The molecule has 1 aromatic heterocycles.